The summed E-state index contributed by atoms with van der Waals surface area (Å²) >= 11 is 5.85. The van der Waals surface area contributed by atoms with E-state index in [2.05, 4.69) is 18.4 Å². The molecule has 2 aromatic carbocycles. The molecular weight excluding hydrogens is 299 g/mol. The highest BCUT2D eigenvalue weighted by atomic mass is 35.5. The molecule has 2 rings (SSSR count). The van der Waals surface area contributed by atoms with E-state index in [9.17, 15) is 4.39 Å². The van der Waals surface area contributed by atoms with Gasteiger partial charge in [-0.15, -0.1) is 0 Å². The summed E-state index contributed by atoms with van der Waals surface area (Å²) in [5, 5.41) is 0.653. The third kappa shape index (κ3) is 4.38. The first-order valence-electron chi connectivity index (χ1n) is 6.78. The van der Waals surface area contributed by atoms with E-state index in [1.807, 2.05) is 13.8 Å². The molecule has 0 radical (unpaired) electrons. The van der Waals surface area contributed by atoms with E-state index >= 15 is 0 Å². The lowest BCUT2D eigenvalue weighted by molar-refractivity contribution is 0.154. The van der Waals surface area contributed by atoms with Crippen molar-refractivity contribution in [2.24, 2.45) is 0 Å². The molecule has 0 aliphatic rings. The molecule has 112 valence electrons. The molecule has 0 aromatic heterocycles. The lowest BCUT2D eigenvalue weighted by Gasteiger charge is -2.26. The van der Waals surface area contributed by atoms with E-state index in [4.69, 9.17) is 16.3 Å². The Bertz CT molecular complexity index is 719. The Morgan fingerprint density at radius 1 is 1.09 bits per heavy atom. The first kappa shape index (κ1) is 16.1. The Balaban J connectivity index is 2.10. The largest absolute Gasteiger partial charge is 0.483 e. The maximum absolute atomic E-state index is 12.9. The van der Waals surface area contributed by atoms with Crippen LogP contribution in [0, 0.1) is 17.7 Å². The van der Waals surface area contributed by atoms with Gasteiger partial charge in [0, 0.05) is 16.2 Å². The summed E-state index contributed by atoms with van der Waals surface area (Å²) in [5.41, 5.74) is 0.706. The summed E-state index contributed by atoms with van der Waals surface area (Å²) in [7, 11) is 0. The van der Waals surface area contributed by atoms with Gasteiger partial charge in [0.15, 0.2) is 0 Å². The van der Waals surface area contributed by atoms with Gasteiger partial charge in [-0.2, -0.15) is 0 Å². The lowest BCUT2D eigenvalue weighted by Crippen LogP contribution is -2.29. The van der Waals surface area contributed by atoms with Crippen LogP contribution in [0.25, 0.3) is 0 Å². The zero-order valence-electron chi connectivity index (χ0n) is 12.5. The molecule has 2 aromatic rings. The van der Waals surface area contributed by atoms with Gasteiger partial charge in [-0.1, -0.05) is 30.0 Å². The van der Waals surface area contributed by atoms with Gasteiger partial charge < -0.3 is 4.74 Å². The smallest absolute Gasteiger partial charge is 0.135 e. The fraction of sp³-hybridized carbons (Fsp3) is 0.158. The van der Waals surface area contributed by atoms with Crippen LogP contribution >= 0.6 is 11.6 Å². The molecule has 0 aliphatic heterocycles. The van der Waals surface area contributed by atoms with Crippen molar-refractivity contribution in [3.8, 4) is 17.6 Å². The van der Waals surface area contributed by atoms with Crippen molar-refractivity contribution in [1.82, 2.24) is 0 Å². The summed E-state index contributed by atoms with van der Waals surface area (Å²) < 4.78 is 18.8. The van der Waals surface area contributed by atoms with Crippen molar-refractivity contribution in [3.63, 3.8) is 0 Å². The fourth-order valence-corrected chi connectivity index (χ4v) is 1.82. The van der Waals surface area contributed by atoms with Crippen LogP contribution in [0.3, 0.4) is 0 Å². The molecule has 0 saturated heterocycles. The molecule has 0 saturated carbocycles. The van der Waals surface area contributed by atoms with Gasteiger partial charge in [-0.25, -0.2) is 4.39 Å². The van der Waals surface area contributed by atoms with Crippen molar-refractivity contribution in [2.75, 3.05) is 0 Å². The van der Waals surface area contributed by atoms with Crippen molar-refractivity contribution < 1.29 is 9.13 Å². The minimum atomic E-state index is -0.652. The van der Waals surface area contributed by atoms with Crippen LogP contribution in [0.1, 0.15) is 19.4 Å². The van der Waals surface area contributed by atoms with Gasteiger partial charge in [0.2, 0.25) is 0 Å². The number of halogens is 2. The summed E-state index contributed by atoms with van der Waals surface area (Å²) in [5.74, 6) is 6.34. The normalized spacial score (nSPS) is 10.5. The molecule has 3 heteroatoms. The maximum atomic E-state index is 12.9. The molecule has 1 nitrogen and oxygen atoms in total. The molecule has 0 bridgehead atoms. The zero-order chi connectivity index (χ0) is 16.2. The van der Waals surface area contributed by atoms with Crippen LogP contribution in [0.2, 0.25) is 5.02 Å². The van der Waals surface area contributed by atoms with Gasteiger partial charge in [0.25, 0.3) is 0 Å². The molecule has 22 heavy (non-hydrogen) atoms. The number of hydrogen-bond acceptors (Lipinski definition) is 1. The molecule has 0 unspecified atom stereocenters. The number of hydrogen-bond donors (Lipinski definition) is 0. The van der Waals surface area contributed by atoms with Gasteiger partial charge in [-0.05, 0) is 62.4 Å². The first-order valence-corrected chi connectivity index (χ1v) is 7.16. The number of benzene rings is 2. The standard InChI is InChI=1S/C19H16ClFO/c1-14(4-5-15-6-10-17(21)11-7-15)19(2,3)22-18-12-8-16(20)9-13-18/h6-13H,1H2,2-3H3. The Morgan fingerprint density at radius 3 is 2.27 bits per heavy atom. The zero-order valence-corrected chi connectivity index (χ0v) is 13.2. The van der Waals surface area contributed by atoms with E-state index in [1.165, 1.54) is 12.1 Å². The quantitative estimate of drug-likeness (QED) is 0.704. The van der Waals surface area contributed by atoms with Crippen molar-refractivity contribution in [1.29, 1.82) is 0 Å². The number of ether oxygens (including phenoxy) is 1. The van der Waals surface area contributed by atoms with E-state index < -0.39 is 5.60 Å². The lowest BCUT2D eigenvalue weighted by atomic mass is 9.99. The third-order valence-corrected chi connectivity index (χ3v) is 3.37. The highest BCUT2D eigenvalue weighted by Crippen LogP contribution is 2.24. The minimum absolute atomic E-state index is 0.282. The summed E-state index contributed by atoms with van der Waals surface area (Å²) in [6.45, 7) is 7.76. The number of rotatable bonds is 3. The first-order chi connectivity index (χ1) is 10.4. The van der Waals surface area contributed by atoms with Gasteiger partial charge >= 0.3 is 0 Å². The van der Waals surface area contributed by atoms with E-state index in [0.29, 0.717) is 16.3 Å². The van der Waals surface area contributed by atoms with Crippen molar-refractivity contribution >= 4 is 11.6 Å². The molecule has 0 N–H and O–H groups in total. The van der Waals surface area contributed by atoms with Gasteiger partial charge in [0.1, 0.15) is 17.2 Å². The molecule has 0 fully saturated rings. The minimum Gasteiger partial charge on any atom is -0.483 e. The molecule has 0 aliphatic carbocycles. The maximum Gasteiger partial charge on any atom is 0.135 e. The molecular formula is C19H16ClFO. The van der Waals surface area contributed by atoms with Gasteiger partial charge in [-0.3, -0.25) is 0 Å². The van der Waals surface area contributed by atoms with Crippen LogP contribution in [0.4, 0.5) is 4.39 Å². The van der Waals surface area contributed by atoms with Crippen LogP contribution < -0.4 is 4.74 Å². The monoisotopic (exact) mass is 314 g/mol. The Hall–Kier alpha value is -2.24. The topological polar surface area (TPSA) is 9.23 Å². The predicted molar refractivity (Wildman–Crippen MR) is 88.6 cm³/mol. The second-order valence-electron chi connectivity index (χ2n) is 5.30. The third-order valence-electron chi connectivity index (χ3n) is 3.12. The molecule has 0 heterocycles. The van der Waals surface area contributed by atoms with Crippen LogP contribution in [0.5, 0.6) is 5.75 Å². The second kappa shape index (κ2) is 6.68. The summed E-state index contributed by atoms with van der Waals surface area (Å²) in [6, 6.07) is 13.1. The van der Waals surface area contributed by atoms with E-state index in [0.717, 1.165) is 5.56 Å². The summed E-state index contributed by atoms with van der Waals surface area (Å²) in [6.07, 6.45) is 0. The molecule has 0 spiro atoms. The Morgan fingerprint density at radius 2 is 1.68 bits per heavy atom. The van der Waals surface area contributed by atoms with Crippen molar-refractivity contribution in [2.45, 2.75) is 19.4 Å². The predicted octanol–water partition coefficient (Wildman–Crippen LogP) is 5.24. The Kier molecular flexibility index (Phi) is 4.90. The van der Waals surface area contributed by atoms with Crippen molar-refractivity contribution in [3.05, 3.63) is 77.1 Å². The SMILES string of the molecule is C=C(C#Cc1ccc(F)cc1)C(C)(C)Oc1ccc(Cl)cc1. The van der Waals surface area contributed by atoms with Crippen LogP contribution in [-0.4, -0.2) is 5.60 Å². The van der Waals surface area contributed by atoms with E-state index in [-0.39, 0.29) is 5.82 Å². The highest BCUT2D eigenvalue weighted by molar-refractivity contribution is 6.30. The van der Waals surface area contributed by atoms with Gasteiger partial charge in [0.05, 0.1) is 0 Å². The average molecular weight is 315 g/mol. The average Bonchev–Trinajstić information content (AvgIpc) is 2.48. The molecule has 0 amide bonds. The highest BCUT2D eigenvalue weighted by Gasteiger charge is 2.22. The fourth-order valence-electron chi connectivity index (χ4n) is 1.69. The Labute approximate surface area is 135 Å². The summed E-state index contributed by atoms with van der Waals surface area (Å²) in [4.78, 5) is 0. The van der Waals surface area contributed by atoms with Crippen LogP contribution in [0.15, 0.2) is 60.7 Å². The van der Waals surface area contributed by atoms with Crippen LogP contribution in [-0.2, 0) is 0 Å². The van der Waals surface area contributed by atoms with E-state index in [1.54, 1.807) is 36.4 Å². The molecule has 0 atom stereocenters. The second-order valence-corrected chi connectivity index (χ2v) is 5.74.